The second-order valence-corrected chi connectivity index (χ2v) is 7.16. The van der Waals surface area contributed by atoms with Crippen LogP contribution in [0.3, 0.4) is 0 Å². The minimum Gasteiger partial charge on any atom is -0.407 e. The van der Waals surface area contributed by atoms with Crippen LogP contribution in [0, 0.1) is 6.92 Å². The van der Waals surface area contributed by atoms with E-state index in [9.17, 15) is 22.8 Å². The second-order valence-electron chi connectivity index (χ2n) is 7.16. The van der Waals surface area contributed by atoms with Crippen LogP contribution in [0.4, 0.5) is 24.9 Å². The summed E-state index contributed by atoms with van der Waals surface area (Å²) in [4.78, 5) is 26.2. The number of carbonyl (C=O) groups is 2. The van der Waals surface area contributed by atoms with Crippen LogP contribution in [-0.2, 0) is 4.79 Å². The maximum atomic E-state index is 12.4. The highest BCUT2D eigenvalue weighted by Crippen LogP contribution is 2.33. The number of carbonyl (C=O) groups excluding carboxylic acids is 2. The van der Waals surface area contributed by atoms with E-state index in [1.54, 1.807) is 25.1 Å². The third kappa shape index (κ3) is 4.71. The molecule has 2 aromatic carbocycles. The molecule has 4 rings (SSSR count). The number of alkyl halides is 3. The summed E-state index contributed by atoms with van der Waals surface area (Å²) < 4.78 is 46.3. The van der Waals surface area contributed by atoms with Gasteiger partial charge in [0.1, 0.15) is 5.75 Å². The van der Waals surface area contributed by atoms with E-state index in [2.05, 4.69) is 20.3 Å². The molecule has 11 heteroatoms. The standard InChI is InChI=1S/C21H17F3N4O4/c1-12-4-2-3-5-16(12)18(30)25-20-27-26-19(31-20)13-10-17(29)28(11-13)14-6-8-15(9-7-14)32-21(22,23)24/h2-9,13H,10-11H2,1H3,(H,25,27,30)/t13-/m1/s1. The Bertz CT molecular complexity index is 1140. The predicted molar refractivity (Wildman–Crippen MR) is 106 cm³/mol. The number of nitrogens with one attached hydrogen (secondary N) is 1. The summed E-state index contributed by atoms with van der Waals surface area (Å²) in [6.45, 7) is 2.00. The van der Waals surface area contributed by atoms with Crippen LogP contribution in [0.25, 0.3) is 0 Å². The fourth-order valence-corrected chi connectivity index (χ4v) is 3.39. The molecule has 3 aromatic rings. The lowest BCUT2D eigenvalue weighted by atomic mass is 10.1. The van der Waals surface area contributed by atoms with Crippen molar-refractivity contribution in [1.82, 2.24) is 10.2 Å². The summed E-state index contributed by atoms with van der Waals surface area (Å²) in [7, 11) is 0. The Morgan fingerprint density at radius 1 is 1.16 bits per heavy atom. The highest BCUT2D eigenvalue weighted by atomic mass is 19.4. The average Bonchev–Trinajstić information content (AvgIpc) is 3.34. The summed E-state index contributed by atoms with van der Waals surface area (Å²) >= 11 is 0. The van der Waals surface area contributed by atoms with E-state index < -0.39 is 18.2 Å². The monoisotopic (exact) mass is 446 g/mol. The number of ether oxygens (including phenoxy) is 1. The van der Waals surface area contributed by atoms with Gasteiger partial charge in [-0.3, -0.25) is 14.9 Å². The summed E-state index contributed by atoms with van der Waals surface area (Å²) in [5, 5.41) is 10.3. The van der Waals surface area contributed by atoms with E-state index in [1.807, 2.05) is 6.07 Å². The molecule has 1 aliphatic heterocycles. The number of aryl methyl sites for hydroxylation is 1. The lowest BCUT2D eigenvalue weighted by molar-refractivity contribution is -0.274. The summed E-state index contributed by atoms with van der Waals surface area (Å²) in [6, 6.07) is 11.9. The summed E-state index contributed by atoms with van der Waals surface area (Å²) in [6.07, 6.45) is -4.71. The molecule has 1 saturated heterocycles. The van der Waals surface area contributed by atoms with Crippen LogP contribution < -0.4 is 15.0 Å². The number of nitrogens with zero attached hydrogens (tertiary/aromatic N) is 3. The zero-order valence-corrected chi connectivity index (χ0v) is 16.7. The van der Waals surface area contributed by atoms with E-state index in [1.165, 1.54) is 17.0 Å². The topological polar surface area (TPSA) is 97.6 Å². The first kappa shape index (κ1) is 21.3. The zero-order chi connectivity index (χ0) is 22.9. The zero-order valence-electron chi connectivity index (χ0n) is 16.7. The summed E-state index contributed by atoms with van der Waals surface area (Å²) in [5.41, 5.74) is 1.67. The molecule has 1 aliphatic rings. The minimum atomic E-state index is -4.79. The molecule has 0 aliphatic carbocycles. The molecule has 1 N–H and O–H groups in total. The van der Waals surface area contributed by atoms with Gasteiger partial charge in [0.15, 0.2) is 0 Å². The van der Waals surface area contributed by atoms with Crippen LogP contribution in [0.2, 0.25) is 0 Å². The van der Waals surface area contributed by atoms with Crippen LogP contribution in [0.1, 0.15) is 34.2 Å². The molecule has 1 atom stereocenters. The fraction of sp³-hybridized carbons (Fsp3) is 0.238. The van der Waals surface area contributed by atoms with Crippen molar-refractivity contribution in [3.05, 3.63) is 65.5 Å². The molecule has 0 bridgehead atoms. The van der Waals surface area contributed by atoms with Gasteiger partial charge in [0.05, 0.1) is 5.92 Å². The normalized spacial score (nSPS) is 16.3. The van der Waals surface area contributed by atoms with E-state index in [-0.39, 0.29) is 36.5 Å². The Balaban J connectivity index is 1.42. The molecule has 1 fully saturated rings. The van der Waals surface area contributed by atoms with Gasteiger partial charge in [-0.05, 0) is 42.8 Å². The van der Waals surface area contributed by atoms with Crippen molar-refractivity contribution >= 4 is 23.5 Å². The van der Waals surface area contributed by atoms with Gasteiger partial charge in [0.2, 0.25) is 11.8 Å². The quantitative estimate of drug-likeness (QED) is 0.635. The second kappa shape index (κ2) is 8.33. The van der Waals surface area contributed by atoms with Gasteiger partial charge in [-0.2, -0.15) is 0 Å². The largest absolute Gasteiger partial charge is 0.573 e. The number of amides is 2. The third-order valence-electron chi connectivity index (χ3n) is 4.91. The number of aromatic nitrogens is 2. The van der Waals surface area contributed by atoms with Crippen LogP contribution >= 0.6 is 0 Å². The average molecular weight is 446 g/mol. The molecule has 1 aromatic heterocycles. The molecular weight excluding hydrogens is 429 g/mol. The Morgan fingerprint density at radius 3 is 2.56 bits per heavy atom. The highest BCUT2D eigenvalue weighted by molar-refractivity contribution is 6.04. The molecule has 2 heterocycles. The lowest BCUT2D eigenvalue weighted by Gasteiger charge is -2.17. The Kier molecular flexibility index (Phi) is 5.56. The lowest BCUT2D eigenvalue weighted by Crippen LogP contribution is -2.24. The predicted octanol–water partition coefficient (Wildman–Crippen LogP) is 4.05. The van der Waals surface area contributed by atoms with Gasteiger partial charge >= 0.3 is 12.4 Å². The number of hydrogen-bond donors (Lipinski definition) is 1. The van der Waals surface area contributed by atoms with Gasteiger partial charge in [-0.25, -0.2) is 0 Å². The molecule has 166 valence electrons. The number of hydrogen-bond acceptors (Lipinski definition) is 6. The molecule has 0 unspecified atom stereocenters. The maximum Gasteiger partial charge on any atom is 0.573 e. The van der Waals surface area contributed by atoms with Crippen molar-refractivity contribution in [1.29, 1.82) is 0 Å². The Labute approximate surface area is 180 Å². The summed E-state index contributed by atoms with van der Waals surface area (Å²) in [5.74, 6) is -1.27. The van der Waals surface area contributed by atoms with Crippen LogP contribution in [0.5, 0.6) is 5.75 Å². The Hall–Kier alpha value is -3.89. The first-order valence-electron chi connectivity index (χ1n) is 9.56. The molecule has 0 spiro atoms. The first-order chi connectivity index (χ1) is 15.2. The van der Waals surface area contributed by atoms with E-state index in [0.29, 0.717) is 11.3 Å². The van der Waals surface area contributed by atoms with Crippen LogP contribution in [0.15, 0.2) is 52.9 Å². The molecule has 0 saturated carbocycles. The number of halogens is 3. The highest BCUT2D eigenvalue weighted by Gasteiger charge is 2.35. The van der Waals surface area contributed by atoms with Crippen molar-refractivity contribution in [2.45, 2.75) is 25.6 Å². The van der Waals surface area contributed by atoms with Gasteiger partial charge in [0, 0.05) is 24.2 Å². The van der Waals surface area contributed by atoms with Gasteiger partial charge < -0.3 is 14.1 Å². The molecule has 32 heavy (non-hydrogen) atoms. The maximum absolute atomic E-state index is 12.4. The van der Waals surface area contributed by atoms with Crippen molar-refractivity contribution < 1.29 is 31.9 Å². The van der Waals surface area contributed by atoms with Crippen LogP contribution in [-0.4, -0.2) is 34.9 Å². The first-order valence-corrected chi connectivity index (χ1v) is 9.56. The Morgan fingerprint density at radius 2 is 1.88 bits per heavy atom. The van der Waals surface area contributed by atoms with Gasteiger partial charge in [-0.15, -0.1) is 18.3 Å². The third-order valence-corrected chi connectivity index (χ3v) is 4.91. The SMILES string of the molecule is Cc1ccccc1C(=O)Nc1nnc([C@@H]2CC(=O)N(c3ccc(OC(F)(F)F)cc3)C2)o1. The smallest absolute Gasteiger partial charge is 0.407 e. The molecule has 2 amide bonds. The molecule has 0 radical (unpaired) electrons. The number of rotatable bonds is 5. The molecule has 8 nitrogen and oxygen atoms in total. The molecular formula is C21H17F3N4O4. The minimum absolute atomic E-state index is 0.0776. The van der Waals surface area contributed by atoms with Crippen molar-refractivity contribution in [3.63, 3.8) is 0 Å². The van der Waals surface area contributed by atoms with Crippen molar-refractivity contribution in [2.75, 3.05) is 16.8 Å². The van der Waals surface area contributed by atoms with E-state index >= 15 is 0 Å². The van der Waals surface area contributed by atoms with Gasteiger partial charge in [-0.1, -0.05) is 23.3 Å². The van der Waals surface area contributed by atoms with E-state index in [4.69, 9.17) is 4.42 Å². The van der Waals surface area contributed by atoms with Crippen molar-refractivity contribution in [2.24, 2.45) is 0 Å². The number of anilines is 2. The van der Waals surface area contributed by atoms with Crippen molar-refractivity contribution in [3.8, 4) is 5.75 Å². The van der Waals surface area contributed by atoms with E-state index in [0.717, 1.165) is 17.7 Å². The fourth-order valence-electron chi connectivity index (χ4n) is 3.39. The van der Waals surface area contributed by atoms with Gasteiger partial charge in [0.25, 0.3) is 5.91 Å². The number of benzene rings is 2.